The van der Waals surface area contributed by atoms with Crippen LogP contribution in [0.15, 0.2) is 5.38 Å². The molecule has 0 aliphatic rings. The molecule has 8 nitrogen and oxygen atoms in total. The Morgan fingerprint density at radius 3 is 2.80 bits per heavy atom. The minimum atomic E-state index is -3.71. The smallest absolute Gasteiger partial charge is 0.309 e. The van der Waals surface area contributed by atoms with Crippen LogP contribution in [0.2, 0.25) is 0 Å². The normalized spacial score (nSPS) is 11.1. The van der Waals surface area contributed by atoms with Gasteiger partial charge in [0.15, 0.2) is 5.13 Å². The van der Waals surface area contributed by atoms with Gasteiger partial charge in [0.1, 0.15) is 0 Å². The first-order valence-corrected chi connectivity index (χ1v) is 8.18. The van der Waals surface area contributed by atoms with Crippen molar-refractivity contribution in [2.75, 3.05) is 17.1 Å². The maximum absolute atomic E-state index is 11.7. The van der Waals surface area contributed by atoms with Crippen LogP contribution in [0.3, 0.4) is 0 Å². The number of hydrogen-bond acceptors (Lipinski definition) is 7. The van der Waals surface area contributed by atoms with Crippen LogP contribution < -0.4 is 4.72 Å². The number of rotatable bonds is 8. The van der Waals surface area contributed by atoms with E-state index in [-0.39, 0.29) is 30.3 Å². The molecule has 0 saturated heterocycles. The summed E-state index contributed by atoms with van der Waals surface area (Å²) >= 11 is 0.982. The highest BCUT2D eigenvalue weighted by atomic mass is 32.2. The first-order chi connectivity index (χ1) is 9.32. The number of esters is 1. The number of nitrogens with one attached hydrogen (secondary N) is 1. The lowest BCUT2D eigenvalue weighted by Gasteiger charge is -2.04. The van der Waals surface area contributed by atoms with Crippen molar-refractivity contribution < 1.29 is 27.9 Å². The third kappa shape index (κ3) is 5.97. The van der Waals surface area contributed by atoms with Gasteiger partial charge in [0.05, 0.1) is 30.9 Å². The maximum Gasteiger partial charge on any atom is 0.309 e. The van der Waals surface area contributed by atoms with E-state index in [1.54, 1.807) is 6.92 Å². The van der Waals surface area contributed by atoms with Gasteiger partial charge in [0, 0.05) is 5.38 Å². The second-order valence-electron chi connectivity index (χ2n) is 3.69. The molecule has 0 aliphatic carbocycles. The average molecular weight is 322 g/mol. The van der Waals surface area contributed by atoms with Gasteiger partial charge in [0.25, 0.3) is 0 Å². The van der Waals surface area contributed by atoms with Crippen molar-refractivity contribution in [3.05, 3.63) is 11.1 Å². The highest BCUT2D eigenvalue weighted by Gasteiger charge is 2.16. The van der Waals surface area contributed by atoms with Crippen LogP contribution in [0.5, 0.6) is 0 Å². The van der Waals surface area contributed by atoms with Gasteiger partial charge >= 0.3 is 11.9 Å². The molecule has 0 atom stereocenters. The maximum atomic E-state index is 11.7. The molecule has 0 spiro atoms. The molecule has 10 heteroatoms. The van der Waals surface area contributed by atoms with E-state index in [0.29, 0.717) is 0 Å². The minimum absolute atomic E-state index is 0.0742. The van der Waals surface area contributed by atoms with Crippen LogP contribution in [0.1, 0.15) is 19.0 Å². The molecule has 0 bridgehead atoms. The van der Waals surface area contributed by atoms with Gasteiger partial charge in [-0.25, -0.2) is 13.4 Å². The predicted octanol–water partition coefficient (Wildman–Crippen LogP) is 0.465. The SMILES string of the molecule is CCOC(=O)CCS(=O)(=O)Nc1nc(CC(=O)O)cs1. The molecule has 0 unspecified atom stereocenters. The molecule has 0 amide bonds. The van der Waals surface area contributed by atoms with E-state index in [4.69, 9.17) is 5.11 Å². The van der Waals surface area contributed by atoms with E-state index in [0.717, 1.165) is 11.3 Å². The molecule has 0 aliphatic heterocycles. The van der Waals surface area contributed by atoms with Crippen molar-refractivity contribution in [1.82, 2.24) is 4.98 Å². The average Bonchev–Trinajstić information content (AvgIpc) is 2.73. The summed E-state index contributed by atoms with van der Waals surface area (Å²) in [5, 5.41) is 10.1. The standard InChI is InChI=1S/C10H14N2O6S2/c1-2-18-9(15)3-4-20(16,17)12-10-11-7(6-19-10)5-8(13)14/h6H,2-5H2,1H3,(H,11,12)(H,13,14). The van der Waals surface area contributed by atoms with Crippen molar-refractivity contribution in [3.8, 4) is 0 Å². The van der Waals surface area contributed by atoms with Crippen LogP contribution in [0, 0.1) is 0 Å². The quantitative estimate of drug-likeness (QED) is 0.667. The fraction of sp³-hybridized carbons (Fsp3) is 0.500. The molecule has 1 aromatic heterocycles. The summed E-state index contributed by atoms with van der Waals surface area (Å²) < 4.78 is 30.2. The number of carboxylic acids is 1. The molecule has 1 rings (SSSR count). The highest BCUT2D eigenvalue weighted by Crippen LogP contribution is 2.17. The number of sulfonamides is 1. The molecule has 112 valence electrons. The van der Waals surface area contributed by atoms with E-state index >= 15 is 0 Å². The second-order valence-corrected chi connectivity index (χ2v) is 6.39. The van der Waals surface area contributed by atoms with Crippen LogP contribution in [-0.2, 0) is 30.8 Å². The monoisotopic (exact) mass is 322 g/mol. The largest absolute Gasteiger partial charge is 0.481 e. The lowest BCUT2D eigenvalue weighted by molar-refractivity contribution is -0.142. The molecule has 0 aromatic carbocycles. The van der Waals surface area contributed by atoms with Crippen molar-refractivity contribution in [2.24, 2.45) is 0 Å². The van der Waals surface area contributed by atoms with E-state index in [1.807, 2.05) is 0 Å². The number of aliphatic carboxylic acids is 1. The fourth-order valence-corrected chi connectivity index (χ4v) is 3.20. The number of ether oxygens (including phenoxy) is 1. The van der Waals surface area contributed by atoms with E-state index in [9.17, 15) is 18.0 Å². The Kier molecular flexibility index (Phi) is 5.89. The second kappa shape index (κ2) is 7.20. The van der Waals surface area contributed by atoms with Gasteiger partial charge in [-0.05, 0) is 6.92 Å². The number of aromatic nitrogens is 1. The Bertz CT molecular complexity index is 580. The summed E-state index contributed by atoms with van der Waals surface area (Å²) in [7, 11) is -3.71. The molecule has 1 heterocycles. The van der Waals surface area contributed by atoms with E-state index in [2.05, 4.69) is 14.4 Å². The summed E-state index contributed by atoms with van der Waals surface area (Å²) in [5.41, 5.74) is 0.269. The Morgan fingerprint density at radius 2 is 2.20 bits per heavy atom. The summed E-state index contributed by atoms with van der Waals surface area (Å²) in [6.07, 6.45) is -0.530. The number of anilines is 1. The number of thiazole rings is 1. The van der Waals surface area contributed by atoms with E-state index in [1.165, 1.54) is 5.38 Å². The lowest BCUT2D eigenvalue weighted by Crippen LogP contribution is -2.20. The van der Waals surface area contributed by atoms with Gasteiger partial charge < -0.3 is 9.84 Å². The number of carbonyl (C=O) groups excluding carboxylic acids is 1. The van der Waals surface area contributed by atoms with Crippen LogP contribution in [0.4, 0.5) is 5.13 Å². The molecule has 1 aromatic rings. The van der Waals surface area contributed by atoms with Crippen molar-refractivity contribution in [1.29, 1.82) is 0 Å². The molecular weight excluding hydrogens is 308 g/mol. The first kappa shape index (κ1) is 16.4. The topological polar surface area (TPSA) is 123 Å². The number of nitrogens with zero attached hydrogens (tertiary/aromatic N) is 1. The molecule has 2 N–H and O–H groups in total. The summed E-state index contributed by atoms with van der Waals surface area (Å²) in [4.78, 5) is 25.4. The zero-order valence-corrected chi connectivity index (χ0v) is 12.3. The zero-order chi connectivity index (χ0) is 15.2. The zero-order valence-electron chi connectivity index (χ0n) is 10.7. The lowest BCUT2D eigenvalue weighted by atomic mass is 10.3. The first-order valence-electron chi connectivity index (χ1n) is 5.64. The van der Waals surface area contributed by atoms with Crippen LogP contribution in [0.25, 0.3) is 0 Å². The molecule has 0 radical (unpaired) electrons. The third-order valence-corrected chi connectivity index (χ3v) is 4.19. The highest BCUT2D eigenvalue weighted by molar-refractivity contribution is 7.92. The summed E-state index contributed by atoms with van der Waals surface area (Å²) in [5.74, 6) is -2.06. The third-order valence-electron chi connectivity index (χ3n) is 2.01. The van der Waals surface area contributed by atoms with Crippen LogP contribution >= 0.6 is 11.3 Å². The van der Waals surface area contributed by atoms with Gasteiger partial charge in [-0.1, -0.05) is 0 Å². The Labute approximate surface area is 119 Å². The molecule has 20 heavy (non-hydrogen) atoms. The van der Waals surface area contributed by atoms with Gasteiger partial charge in [0.2, 0.25) is 10.0 Å². The Hall–Kier alpha value is -1.68. The molecular formula is C10H14N2O6S2. The number of carboxylic acid groups (broad SMARTS) is 1. The number of hydrogen-bond donors (Lipinski definition) is 2. The minimum Gasteiger partial charge on any atom is -0.481 e. The van der Waals surface area contributed by atoms with Gasteiger partial charge in [-0.2, -0.15) is 0 Å². The predicted molar refractivity (Wildman–Crippen MR) is 72.1 cm³/mol. The van der Waals surface area contributed by atoms with Crippen molar-refractivity contribution in [2.45, 2.75) is 19.8 Å². The fourth-order valence-electron chi connectivity index (χ4n) is 1.22. The van der Waals surface area contributed by atoms with Crippen molar-refractivity contribution in [3.63, 3.8) is 0 Å². The Morgan fingerprint density at radius 1 is 1.50 bits per heavy atom. The van der Waals surface area contributed by atoms with E-state index < -0.39 is 27.7 Å². The van der Waals surface area contributed by atoms with Gasteiger partial charge in [-0.3, -0.25) is 14.3 Å². The van der Waals surface area contributed by atoms with Crippen LogP contribution in [-0.4, -0.2) is 42.8 Å². The van der Waals surface area contributed by atoms with Gasteiger partial charge in [-0.15, -0.1) is 11.3 Å². The molecule has 0 fully saturated rings. The molecule has 0 saturated carbocycles. The Balaban J connectivity index is 2.55. The van der Waals surface area contributed by atoms with Crippen molar-refractivity contribution >= 4 is 38.4 Å². The number of carbonyl (C=O) groups is 2. The summed E-state index contributed by atoms with van der Waals surface area (Å²) in [6, 6.07) is 0. The summed E-state index contributed by atoms with van der Waals surface area (Å²) in [6.45, 7) is 1.82.